The highest BCUT2D eigenvalue weighted by molar-refractivity contribution is 5.76. The fraction of sp³-hybridized carbons (Fsp3) is 0.583. The van der Waals surface area contributed by atoms with Crippen LogP contribution in [0.15, 0.2) is 20.8 Å². The number of hydrazone groups is 1. The minimum absolute atomic E-state index is 0.271. The highest BCUT2D eigenvalue weighted by Crippen LogP contribution is 1.91. The van der Waals surface area contributed by atoms with Crippen molar-refractivity contribution in [2.75, 3.05) is 14.1 Å². The molecule has 0 amide bonds. The molecule has 0 aliphatic heterocycles. The van der Waals surface area contributed by atoms with Gasteiger partial charge < -0.3 is 5.01 Å². The molecule has 1 rings (SSSR count). The van der Waals surface area contributed by atoms with E-state index in [1.807, 2.05) is 13.8 Å². The standard InChI is InChI=1S/C12H20N4O2/c1-5-7-16-11(17)8-10(9-13-14(3)4)15(6-2)12(16)18/h8-9H,5-7H2,1-4H3. The van der Waals surface area contributed by atoms with Crippen molar-refractivity contribution in [1.29, 1.82) is 0 Å². The van der Waals surface area contributed by atoms with E-state index in [-0.39, 0.29) is 11.2 Å². The fourth-order valence-electron chi connectivity index (χ4n) is 1.66. The van der Waals surface area contributed by atoms with Gasteiger partial charge in [-0.15, -0.1) is 0 Å². The first kappa shape index (κ1) is 14.2. The molecule has 0 bridgehead atoms. The molecule has 0 radical (unpaired) electrons. The van der Waals surface area contributed by atoms with Crippen LogP contribution in [0.1, 0.15) is 26.0 Å². The average Bonchev–Trinajstić information content (AvgIpc) is 2.31. The summed E-state index contributed by atoms with van der Waals surface area (Å²) in [7, 11) is 3.56. The molecule has 1 aromatic heterocycles. The lowest BCUT2D eigenvalue weighted by atomic mass is 10.4. The highest BCUT2D eigenvalue weighted by Gasteiger charge is 2.08. The number of nitrogens with zero attached hydrogens (tertiary/aromatic N) is 4. The Morgan fingerprint density at radius 1 is 1.28 bits per heavy atom. The third-order valence-corrected chi connectivity index (χ3v) is 2.50. The zero-order valence-corrected chi connectivity index (χ0v) is 11.4. The topological polar surface area (TPSA) is 59.6 Å². The molecule has 0 aliphatic carbocycles. The van der Waals surface area contributed by atoms with Crippen molar-refractivity contribution in [3.8, 4) is 0 Å². The molecule has 0 N–H and O–H groups in total. The summed E-state index contributed by atoms with van der Waals surface area (Å²) in [5, 5.41) is 5.67. The Kier molecular flexibility index (Phi) is 4.88. The van der Waals surface area contributed by atoms with Gasteiger partial charge in [-0.25, -0.2) is 4.79 Å². The minimum Gasteiger partial charge on any atom is -0.303 e. The Labute approximate surface area is 106 Å². The first-order valence-corrected chi connectivity index (χ1v) is 6.07. The van der Waals surface area contributed by atoms with Crippen LogP contribution in [0.3, 0.4) is 0 Å². The van der Waals surface area contributed by atoms with Gasteiger partial charge in [0.05, 0.1) is 11.9 Å². The average molecular weight is 252 g/mol. The maximum Gasteiger partial charge on any atom is 0.331 e. The SMILES string of the molecule is CCCn1c(=O)cc(C=NN(C)C)n(CC)c1=O. The van der Waals surface area contributed by atoms with Crippen LogP contribution in [0.25, 0.3) is 0 Å². The van der Waals surface area contributed by atoms with Crippen molar-refractivity contribution in [2.24, 2.45) is 5.10 Å². The molecule has 0 atom stereocenters. The lowest BCUT2D eigenvalue weighted by molar-refractivity contribution is 0.439. The van der Waals surface area contributed by atoms with Crippen molar-refractivity contribution >= 4 is 6.21 Å². The summed E-state index contributed by atoms with van der Waals surface area (Å²) in [6, 6.07) is 1.45. The zero-order valence-electron chi connectivity index (χ0n) is 11.4. The molecule has 0 aliphatic rings. The summed E-state index contributed by atoms with van der Waals surface area (Å²) < 4.78 is 2.81. The van der Waals surface area contributed by atoms with Gasteiger partial charge in [-0.1, -0.05) is 6.92 Å². The summed E-state index contributed by atoms with van der Waals surface area (Å²) >= 11 is 0. The molecular formula is C12H20N4O2. The Balaban J connectivity index is 3.38. The lowest BCUT2D eigenvalue weighted by Crippen LogP contribution is -2.40. The molecule has 100 valence electrons. The van der Waals surface area contributed by atoms with E-state index in [2.05, 4.69) is 5.10 Å². The van der Waals surface area contributed by atoms with Crippen molar-refractivity contribution in [2.45, 2.75) is 33.4 Å². The fourth-order valence-corrected chi connectivity index (χ4v) is 1.66. The number of hydrogen-bond donors (Lipinski definition) is 0. The van der Waals surface area contributed by atoms with E-state index in [9.17, 15) is 9.59 Å². The Hall–Kier alpha value is -1.85. The van der Waals surface area contributed by atoms with Gasteiger partial charge >= 0.3 is 5.69 Å². The third kappa shape index (κ3) is 3.09. The summed E-state index contributed by atoms with van der Waals surface area (Å²) in [5.74, 6) is 0. The Morgan fingerprint density at radius 2 is 1.94 bits per heavy atom. The third-order valence-electron chi connectivity index (χ3n) is 2.50. The predicted molar refractivity (Wildman–Crippen MR) is 72.2 cm³/mol. The van der Waals surface area contributed by atoms with Gasteiger partial charge in [0.15, 0.2) is 0 Å². The smallest absolute Gasteiger partial charge is 0.303 e. The second-order valence-corrected chi connectivity index (χ2v) is 4.18. The number of rotatable bonds is 5. The maximum atomic E-state index is 12.1. The quantitative estimate of drug-likeness (QED) is 0.560. The van der Waals surface area contributed by atoms with E-state index in [0.717, 1.165) is 6.42 Å². The van der Waals surface area contributed by atoms with Gasteiger partial charge in [0.1, 0.15) is 0 Å². The van der Waals surface area contributed by atoms with Crippen LogP contribution in [0, 0.1) is 0 Å². The molecular weight excluding hydrogens is 232 g/mol. The van der Waals surface area contributed by atoms with E-state index >= 15 is 0 Å². The van der Waals surface area contributed by atoms with E-state index in [0.29, 0.717) is 18.8 Å². The summed E-state index contributed by atoms with van der Waals surface area (Å²) in [5.41, 5.74) is -0.00707. The molecule has 0 saturated carbocycles. The first-order chi connectivity index (χ1) is 8.51. The monoisotopic (exact) mass is 252 g/mol. The summed E-state index contributed by atoms with van der Waals surface area (Å²) in [6.45, 7) is 4.76. The van der Waals surface area contributed by atoms with E-state index in [1.54, 1.807) is 23.7 Å². The van der Waals surface area contributed by atoms with Gasteiger partial charge in [-0.3, -0.25) is 13.9 Å². The van der Waals surface area contributed by atoms with Crippen LogP contribution in [0.4, 0.5) is 0 Å². The van der Waals surface area contributed by atoms with E-state index in [1.165, 1.54) is 16.8 Å². The van der Waals surface area contributed by atoms with Crippen LogP contribution in [0.5, 0.6) is 0 Å². The second kappa shape index (κ2) is 6.18. The highest BCUT2D eigenvalue weighted by atomic mass is 16.2. The minimum atomic E-state index is -0.272. The second-order valence-electron chi connectivity index (χ2n) is 4.18. The van der Waals surface area contributed by atoms with Crippen LogP contribution in [-0.2, 0) is 13.1 Å². The Morgan fingerprint density at radius 3 is 2.44 bits per heavy atom. The molecule has 0 aromatic carbocycles. The van der Waals surface area contributed by atoms with Gasteiger partial charge in [0, 0.05) is 33.3 Å². The molecule has 0 unspecified atom stereocenters. The van der Waals surface area contributed by atoms with E-state index in [4.69, 9.17) is 0 Å². The van der Waals surface area contributed by atoms with E-state index < -0.39 is 0 Å². The van der Waals surface area contributed by atoms with Crippen LogP contribution >= 0.6 is 0 Å². The summed E-state index contributed by atoms with van der Waals surface area (Å²) in [4.78, 5) is 24.0. The van der Waals surface area contributed by atoms with Crippen LogP contribution < -0.4 is 11.2 Å². The molecule has 0 spiro atoms. The zero-order chi connectivity index (χ0) is 13.7. The Bertz CT molecular complexity index is 540. The van der Waals surface area contributed by atoms with Gasteiger partial charge in [0.25, 0.3) is 5.56 Å². The number of hydrogen-bond acceptors (Lipinski definition) is 4. The molecule has 6 nitrogen and oxygen atoms in total. The summed E-state index contributed by atoms with van der Waals surface area (Å²) in [6.07, 6.45) is 2.28. The van der Waals surface area contributed by atoms with Gasteiger partial charge in [-0.2, -0.15) is 5.10 Å². The maximum absolute atomic E-state index is 12.1. The van der Waals surface area contributed by atoms with Gasteiger partial charge in [-0.05, 0) is 13.3 Å². The molecule has 18 heavy (non-hydrogen) atoms. The predicted octanol–water partition coefficient (Wildman–Crippen LogP) is 0.335. The van der Waals surface area contributed by atoms with Crippen molar-refractivity contribution in [1.82, 2.24) is 14.1 Å². The van der Waals surface area contributed by atoms with Crippen LogP contribution in [0.2, 0.25) is 0 Å². The van der Waals surface area contributed by atoms with Crippen LogP contribution in [-0.4, -0.2) is 34.5 Å². The molecule has 6 heteroatoms. The lowest BCUT2D eigenvalue weighted by Gasteiger charge is -2.11. The largest absolute Gasteiger partial charge is 0.331 e. The normalized spacial score (nSPS) is 11.1. The van der Waals surface area contributed by atoms with Crippen molar-refractivity contribution in [3.05, 3.63) is 32.6 Å². The number of aromatic nitrogens is 2. The van der Waals surface area contributed by atoms with Gasteiger partial charge in [0.2, 0.25) is 0 Å². The molecule has 0 saturated heterocycles. The molecule has 1 heterocycles. The van der Waals surface area contributed by atoms with Crippen molar-refractivity contribution < 1.29 is 0 Å². The molecule has 1 aromatic rings. The van der Waals surface area contributed by atoms with Crippen molar-refractivity contribution in [3.63, 3.8) is 0 Å². The first-order valence-electron chi connectivity index (χ1n) is 6.07. The molecule has 0 fully saturated rings.